The molecule has 7 nitrogen and oxygen atoms in total. The van der Waals surface area contributed by atoms with E-state index in [0.717, 1.165) is 29.0 Å². The number of hydrogen-bond donors (Lipinski definition) is 2. The van der Waals surface area contributed by atoms with Crippen molar-refractivity contribution in [1.82, 2.24) is 17.5 Å². The number of ether oxygens (including phenoxy) is 1. The third-order valence-electron chi connectivity index (χ3n) is 2.66. The van der Waals surface area contributed by atoms with Gasteiger partial charge in [0.05, 0.1) is 34.2 Å². The zero-order valence-corrected chi connectivity index (χ0v) is 13.0. The van der Waals surface area contributed by atoms with Crippen molar-refractivity contribution in [2.24, 2.45) is 0 Å². The molecule has 3 rings (SSSR count). The van der Waals surface area contributed by atoms with Gasteiger partial charge >= 0.3 is 0 Å². The van der Waals surface area contributed by atoms with Gasteiger partial charge < -0.3 is 15.2 Å². The average molecular weight is 344 g/mol. The van der Waals surface area contributed by atoms with Crippen LogP contribution in [0.25, 0.3) is 11.0 Å². The molecular weight excluding hydrogens is 334 g/mol. The van der Waals surface area contributed by atoms with Crippen LogP contribution in [0.15, 0.2) is 18.3 Å². The molecule has 1 atom stereocenters. The van der Waals surface area contributed by atoms with E-state index in [1.54, 1.807) is 12.1 Å². The lowest BCUT2D eigenvalue weighted by molar-refractivity contribution is 0.115. The van der Waals surface area contributed by atoms with E-state index in [4.69, 9.17) is 16.3 Å². The number of anilines is 1. The van der Waals surface area contributed by atoms with E-state index in [0.29, 0.717) is 22.1 Å². The molecule has 0 saturated heterocycles. The summed E-state index contributed by atoms with van der Waals surface area (Å²) in [5.74, 6) is 0.405. The molecule has 3 aromatic rings. The van der Waals surface area contributed by atoms with Crippen LogP contribution < -0.4 is 10.1 Å². The number of benzene rings is 1. The predicted molar refractivity (Wildman–Crippen MR) is 82.3 cm³/mol. The summed E-state index contributed by atoms with van der Waals surface area (Å²) in [7, 11) is 0. The number of nitrogens with zero attached hydrogens (tertiary/aromatic N) is 4. The van der Waals surface area contributed by atoms with E-state index in [-0.39, 0.29) is 13.2 Å². The van der Waals surface area contributed by atoms with Crippen LogP contribution in [0.2, 0.25) is 5.02 Å². The summed E-state index contributed by atoms with van der Waals surface area (Å²) < 4.78 is 21.3. The molecule has 110 valence electrons. The fourth-order valence-electron chi connectivity index (χ4n) is 1.68. The van der Waals surface area contributed by atoms with Gasteiger partial charge in [-0.15, -0.1) is 4.37 Å². The summed E-state index contributed by atoms with van der Waals surface area (Å²) in [5, 5.41) is 13.5. The Labute approximate surface area is 133 Å². The van der Waals surface area contributed by atoms with Crippen LogP contribution in [0.3, 0.4) is 0 Å². The second-order valence-electron chi connectivity index (χ2n) is 4.15. The van der Waals surface area contributed by atoms with Crippen LogP contribution in [-0.4, -0.2) is 41.9 Å². The minimum absolute atomic E-state index is 0.112. The van der Waals surface area contributed by atoms with Crippen molar-refractivity contribution in [3.8, 4) is 5.88 Å². The van der Waals surface area contributed by atoms with E-state index in [1.807, 2.05) is 0 Å². The summed E-state index contributed by atoms with van der Waals surface area (Å²) in [6.45, 7) is 0.384. The highest BCUT2D eigenvalue weighted by atomic mass is 35.5. The first kappa shape index (κ1) is 14.4. The fourth-order valence-corrected chi connectivity index (χ4v) is 2.80. The number of halogens is 1. The first-order valence-corrected chi connectivity index (χ1v) is 7.81. The molecule has 0 saturated carbocycles. The van der Waals surface area contributed by atoms with Gasteiger partial charge in [0.25, 0.3) is 0 Å². The van der Waals surface area contributed by atoms with Gasteiger partial charge in [-0.05, 0) is 12.1 Å². The molecule has 0 aliphatic heterocycles. The first-order valence-electron chi connectivity index (χ1n) is 5.97. The van der Waals surface area contributed by atoms with E-state index >= 15 is 0 Å². The van der Waals surface area contributed by atoms with Crippen molar-refractivity contribution >= 4 is 51.8 Å². The van der Waals surface area contributed by atoms with E-state index in [1.165, 1.54) is 6.20 Å². The Morgan fingerprint density at radius 3 is 3.00 bits per heavy atom. The molecule has 0 radical (unpaired) electrons. The predicted octanol–water partition coefficient (Wildman–Crippen LogP) is 2.05. The number of aliphatic hydroxyl groups is 1. The summed E-state index contributed by atoms with van der Waals surface area (Å²) in [4.78, 5) is 0. The maximum Gasteiger partial charge on any atom is 0.245 e. The number of fused-ring (bicyclic) bond motifs is 1. The maximum absolute atomic E-state index is 9.91. The van der Waals surface area contributed by atoms with Crippen LogP contribution >= 0.6 is 35.1 Å². The van der Waals surface area contributed by atoms with Gasteiger partial charge in [-0.3, -0.25) is 0 Å². The zero-order chi connectivity index (χ0) is 14.7. The number of rotatable bonds is 6. The Bertz CT molecular complexity index is 721. The number of aliphatic hydroxyl groups excluding tert-OH is 1. The molecule has 2 aromatic heterocycles. The van der Waals surface area contributed by atoms with Gasteiger partial charge in [-0.2, -0.15) is 13.1 Å². The molecule has 0 bridgehead atoms. The molecule has 2 heterocycles. The molecule has 2 N–H and O–H groups in total. The molecule has 0 aliphatic carbocycles. The third kappa shape index (κ3) is 3.38. The number of aromatic nitrogens is 4. The molecule has 10 heteroatoms. The van der Waals surface area contributed by atoms with Crippen LogP contribution in [0.1, 0.15) is 0 Å². The van der Waals surface area contributed by atoms with Crippen molar-refractivity contribution in [3.05, 3.63) is 23.4 Å². The quantitative estimate of drug-likeness (QED) is 0.707. The largest absolute Gasteiger partial charge is 0.473 e. The molecule has 0 aliphatic rings. The monoisotopic (exact) mass is 343 g/mol. The minimum atomic E-state index is -0.718. The van der Waals surface area contributed by atoms with Crippen molar-refractivity contribution < 1.29 is 9.84 Å². The smallest absolute Gasteiger partial charge is 0.245 e. The van der Waals surface area contributed by atoms with Crippen molar-refractivity contribution in [2.75, 3.05) is 18.5 Å². The van der Waals surface area contributed by atoms with Gasteiger partial charge in [0.15, 0.2) is 0 Å². The number of nitrogens with one attached hydrogen (secondary N) is 1. The third-order valence-corrected chi connectivity index (χ3v) is 3.98. The normalized spacial score (nSPS) is 12.5. The molecule has 0 spiro atoms. The Morgan fingerprint density at radius 2 is 2.19 bits per heavy atom. The lowest BCUT2D eigenvalue weighted by Crippen LogP contribution is -2.26. The average Bonchev–Trinajstić information content (AvgIpc) is 3.15. The minimum Gasteiger partial charge on any atom is -0.473 e. The highest BCUT2D eigenvalue weighted by molar-refractivity contribution is 7.00. The van der Waals surface area contributed by atoms with Crippen LogP contribution in [-0.2, 0) is 0 Å². The molecule has 0 amide bonds. The molecule has 1 unspecified atom stereocenters. The Kier molecular flexibility index (Phi) is 4.44. The summed E-state index contributed by atoms with van der Waals surface area (Å²) in [6, 6.07) is 3.55. The standard InChI is InChI=1S/C11H10ClN5O2S2/c12-7-1-2-8-11(17-21-15-8)10(7)13-3-6(18)5-19-9-4-14-20-16-9/h1-2,4,6,13,18H,3,5H2. The van der Waals surface area contributed by atoms with Crippen LogP contribution in [0.4, 0.5) is 5.69 Å². The molecule has 21 heavy (non-hydrogen) atoms. The molecular formula is C11H10ClN5O2S2. The summed E-state index contributed by atoms with van der Waals surface area (Å²) in [6.07, 6.45) is 0.785. The van der Waals surface area contributed by atoms with Crippen LogP contribution in [0, 0.1) is 0 Å². The lowest BCUT2D eigenvalue weighted by Gasteiger charge is -2.13. The van der Waals surface area contributed by atoms with E-state index < -0.39 is 6.10 Å². The van der Waals surface area contributed by atoms with E-state index in [9.17, 15) is 5.11 Å². The maximum atomic E-state index is 9.91. The fraction of sp³-hybridized carbons (Fsp3) is 0.273. The molecule has 1 aromatic carbocycles. The van der Waals surface area contributed by atoms with Gasteiger partial charge in [-0.25, -0.2) is 0 Å². The zero-order valence-electron chi connectivity index (χ0n) is 10.6. The first-order chi connectivity index (χ1) is 10.2. The second-order valence-corrected chi connectivity index (χ2v) is 5.64. The highest BCUT2D eigenvalue weighted by Gasteiger charge is 2.12. The molecule has 0 fully saturated rings. The Morgan fingerprint density at radius 1 is 1.29 bits per heavy atom. The van der Waals surface area contributed by atoms with Crippen molar-refractivity contribution in [1.29, 1.82) is 0 Å². The Hall–Kier alpha value is -1.55. The van der Waals surface area contributed by atoms with Crippen molar-refractivity contribution in [2.45, 2.75) is 6.10 Å². The lowest BCUT2D eigenvalue weighted by atomic mass is 10.2. The second kappa shape index (κ2) is 6.48. The number of hydrogen-bond acceptors (Lipinski definition) is 9. The highest BCUT2D eigenvalue weighted by Crippen LogP contribution is 2.29. The van der Waals surface area contributed by atoms with Crippen LogP contribution in [0.5, 0.6) is 5.88 Å². The topological polar surface area (TPSA) is 93.0 Å². The van der Waals surface area contributed by atoms with Crippen molar-refractivity contribution in [3.63, 3.8) is 0 Å². The van der Waals surface area contributed by atoms with Gasteiger partial charge in [0.2, 0.25) is 5.88 Å². The summed E-state index contributed by atoms with van der Waals surface area (Å²) >= 11 is 8.32. The SMILES string of the molecule is OC(CNc1c(Cl)ccc2nsnc12)COc1cnsn1. The van der Waals surface area contributed by atoms with Gasteiger partial charge in [0, 0.05) is 6.54 Å². The van der Waals surface area contributed by atoms with Gasteiger partial charge in [-0.1, -0.05) is 11.6 Å². The van der Waals surface area contributed by atoms with E-state index in [2.05, 4.69) is 22.8 Å². The van der Waals surface area contributed by atoms with Gasteiger partial charge in [0.1, 0.15) is 29.9 Å². The summed E-state index contributed by atoms with van der Waals surface area (Å²) in [5.41, 5.74) is 2.13. The Balaban J connectivity index is 1.60.